The summed E-state index contributed by atoms with van der Waals surface area (Å²) in [5, 5.41) is 27.7. The molecule has 2 aromatic heterocycles. The number of ether oxygens (including phenoxy) is 2. The first-order chi connectivity index (χ1) is 17.8. The SMILES string of the molecule is CC(C)(C)OC(=O)N1CCC(n2cc(C(O)c3cn(C4CCN(C(=O)OC(C)(C)C)CC4)nn3)nn2)CC1. The lowest BCUT2D eigenvalue weighted by Crippen LogP contribution is -2.42. The van der Waals surface area contributed by atoms with Crippen molar-refractivity contribution in [2.24, 2.45) is 0 Å². The van der Waals surface area contributed by atoms with Crippen LogP contribution in [0.1, 0.15) is 96.8 Å². The van der Waals surface area contributed by atoms with E-state index in [0.29, 0.717) is 37.6 Å². The maximum atomic E-state index is 12.3. The first-order valence-electron chi connectivity index (χ1n) is 13.3. The second-order valence-corrected chi connectivity index (χ2v) is 12.0. The quantitative estimate of drug-likeness (QED) is 0.629. The predicted molar refractivity (Wildman–Crippen MR) is 136 cm³/mol. The highest BCUT2D eigenvalue weighted by Gasteiger charge is 2.30. The van der Waals surface area contributed by atoms with Gasteiger partial charge < -0.3 is 24.4 Å². The molecule has 4 rings (SSSR count). The van der Waals surface area contributed by atoms with E-state index in [2.05, 4.69) is 20.6 Å². The van der Waals surface area contributed by atoms with Crippen LogP contribution >= 0.6 is 0 Å². The number of aliphatic hydroxyl groups excluding tert-OH is 1. The first-order valence-corrected chi connectivity index (χ1v) is 13.3. The molecule has 2 aliphatic rings. The Hall–Kier alpha value is -3.22. The van der Waals surface area contributed by atoms with Gasteiger partial charge in [-0.25, -0.2) is 19.0 Å². The van der Waals surface area contributed by atoms with Crippen molar-refractivity contribution in [1.82, 2.24) is 39.8 Å². The van der Waals surface area contributed by atoms with Crippen LogP contribution in [0.2, 0.25) is 0 Å². The zero-order chi connectivity index (χ0) is 27.7. The van der Waals surface area contributed by atoms with Gasteiger partial charge in [0.25, 0.3) is 0 Å². The number of hydrogen-bond donors (Lipinski definition) is 1. The van der Waals surface area contributed by atoms with Crippen LogP contribution < -0.4 is 0 Å². The number of carbonyl (C=O) groups is 2. The second-order valence-electron chi connectivity index (χ2n) is 12.0. The molecule has 210 valence electrons. The van der Waals surface area contributed by atoms with Crippen molar-refractivity contribution < 1.29 is 24.2 Å². The third kappa shape index (κ3) is 7.00. The predicted octanol–water partition coefficient (Wildman–Crippen LogP) is 3.10. The minimum absolute atomic E-state index is 0.0768. The van der Waals surface area contributed by atoms with Crippen molar-refractivity contribution in [3.8, 4) is 0 Å². The molecule has 2 aromatic rings. The Morgan fingerprint density at radius 3 is 1.42 bits per heavy atom. The Kier molecular flexibility index (Phi) is 7.96. The van der Waals surface area contributed by atoms with Crippen LogP contribution in [0, 0.1) is 0 Å². The smallest absolute Gasteiger partial charge is 0.410 e. The van der Waals surface area contributed by atoms with Gasteiger partial charge in [0.05, 0.1) is 24.5 Å². The van der Waals surface area contributed by atoms with Crippen LogP contribution in [-0.4, -0.2) is 94.5 Å². The number of rotatable bonds is 4. The molecule has 0 spiro atoms. The molecule has 0 unspecified atom stereocenters. The fraction of sp³-hybridized carbons (Fsp3) is 0.760. The second kappa shape index (κ2) is 10.9. The highest BCUT2D eigenvalue weighted by atomic mass is 16.6. The van der Waals surface area contributed by atoms with Crippen molar-refractivity contribution >= 4 is 12.2 Å². The van der Waals surface area contributed by atoms with Gasteiger partial charge in [-0.3, -0.25) is 0 Å². The lowest BCUT2D eigenvalue weighted by atomic mass is 10.1. The molecule has 13 nitrogen and oxygen atoms in total. The van der Waals surface area contributed by atoms with E-state index in [1.54, 1.807) is 31.6 Å². The van der Waals surface area contributed by atoms with Gasteiger partial charge in [0.2, 0.25) is 0 Å². The van der Waals surface area contributed by atoms with Crippen molar-refractivity contribution in [2.75, 3.05) is 26.2 Å². The molecule has 2 amide bonds. The van der Waals surface area contributed by atoms with Gasteiger partial charge >= 0.3 is 12.2 Å². The largest absolute Gasteiger partial charge is 0.444 e. The topological polar surface area (TPSA) is 141 Å². The maximum Gasteiger partial charge on any atom is 0.410 e. The highest BCUT2D eigenvalue weighted by molar-refractivity contribution is 5.68. The van der Waals surface area contributed by atoms with Gasteiger partial charge in [0.15, 0.2) is 0 Å². The zero-order valence-electron chi connectivity index (χ0n) is 23.2. The number of aliphatic hydroxyl groups is 1. The number of amides is 2. The summed E-state index contributed by atoms with van der Waals surface area (Å²) in [6.45, 7) is 13.4. The Morgan fingerprint density at radius 1 is 0.763 bits per heavy atom. The summed E-state index contributed by atoms with van der Waals surface area (Å²) in [5.74, 6) is 0. The average Bonchev–Trinajstić information content (AvgIpc) is 3.52. The summed E-state index contributed by atoms with van der Waals surface area (Å²) in [6, 6.07) is 0.154. The number of hydrogen-bond acceptors (Lipinski definition) is 9. The third-order valence-electron chi connectivity index (χ3n) is 6.60. The highest BCUT2D eigenvalue weighted by Crippen LogP contribution is 2.27. The summed E-state index contributed by atoms with van der Waals surface area (Å²) in [5.41, 5.74) is -0.258. The zero-order valence-corrected chi connectivity index (χ0v) is 23.2. The Balaban J connectivity index is 1.29. The van der Waals surface area contributed by atoms with Crippen LogP contribution in [0.3, 0.4) is 0 Å². The minimum Gasteiger partial charge on any atom is -0.444 e. The Bertz CT molecular complexity index is 1020. The summed E-state index contributed by atoms with van der Waals surface area (Å²) < 4.78 is 14.4. The summed E-state index contributed by atoms with van der Waals surface area (Å²) >= 11 is 0. The molecule has 1 N–H and O–H groups in total. The Labute approximate surface area is 223 Å². The molecule has 0 radical (unpaired) electrons. The van der Waals surface area contributed by atoms with E-state index in [1.165, 1.54) is 0 Å². The van der Waals surface area contributed by atoms with Crippen LogP contribution in [0.5, 0.6) is 0 Å². The van der Waals surface area contributed by atoms with Crippen molar-refractivity contribution in [2.45, 2.75) is 96.6 Å². The lowest BCUT2D eigenvalue weighted by Gasteiger charge is -2.33. The average molecular weight is 533 g/mol. The van der Waals surface area contributed by atoms with Gasteiger partial charge in [-0.1, -0.05) is 10.4 Å². The molecule has 0 atom stereocenters. The molecule has 0 saturated carbocycles. The third-order valence-corrected chi connectivity index (χ3v) is 6.60. The van der Waals surface area contributed by atoms with Gasteiger partial charge in [-0.15, -0.1) is 10.2 Å². The molecule has 0 bridgehead atoms. The minimum atomic E-state index is -1.05. The number of likely N-dealkylation sites (tertiary alicyclic amines) is 2. The van der Waals surface area contributed by atoms with E-state index in [9.17, 15) is 14.7 Å². The molecular weight excluding hydrogens is 492 g/mol. The van der Waals surface area contributed by atoms with Gasteiger partial charge in [0, 0.05) is 26.2 Å². The number of aromatic nitrogens is 6. The van der Waals surface area contributed by atoms with Crippen molar-refractivity contribution in [3.63, 3.8) is 0 Å². The molecule has 4 heterocycles. The molecule has 13 heteroatoms. The maximum absolute atomic E-state index is 12.3. The van der Waals surface area contributed by atoms with Crippen molar-refractivity contribution in [3.05, 3.63) is 23.8 Å². The van der Waals surface area contributed by atoms with E-state index in [0.717, 1.165) is 25.7 Å². The summed E-state index contributed by atoms with van der Waals surface area (Å²) in [4.78, 5) is 28.1. The molecule has 2 saturated heterocycles. The van der Waals surface area contributed by atoms with Gasteiger partial charge in [-0.2, -0.15) is 0 Å². The molecule has 0 aromatic carbocycles. The standard InChI is InChI=1S/C25H40N8O5/c1-24(2,3)37-22(35)30-11-7-17(8-12-30)32-15-19(26-28-32)21(34)20-16-33(29-27-20)18-9-13-31(14-10-18)23(36)38-25(4,5)6/h15-18,21,34H,7-14H2,1-6H3. The van der Waals surface area contributed by atoms with Gasteiger partial charge in [-0.05, 0) is 67.2 Å². The molecule has 2 fully saturated rings. The fourth-order valence-electron chi connectivity index (χ4n) is 4.62. The molecule has 0 aliphatic carbocycles. The van der Waals surface area contributed by atoms with E-state index in [4.69, 9.17) is 9.47 Å². The normalized spacial score (nSPS) is 18.2. The fourth-order valence-corrected chi connectivity index (χ4v) is 4.62. The van der Waals surface area contributed by atoms with E-state index < -0.39 is 17.3 Å². The number of carbonyl (C=O) groups excluding carboxylic acids is 2. The van der Waals surface area contributed by atoms with Crippen molar-refractivity contribution in [1.29, 1.82) is 0 Å². The lowest BCUT2D eigenvalue weighted by molar-refractivity contribution is 0.0174. The molecular formula is C25H40N8O5. The summed E-state index contributed by atoms with van der Waals surface area (Å²) in [6.07, 6.45) is 4.68. The Morgan fingerprint density at radius 2 is 1.11 bits per heavy atom. The van der Waals surface area contributed by atoms with Crippen LogP contribution in [0.4, 0.5) is 9.59 Å². The van der Waals surface area contributed by atoms with Gasteiger partial charge in [0.1, 0.15) is 28.7 Å². The monoisotopic (exact) mass is 532 g/mol. The summed E-state index contributed by atoms with van der Waals surface area (Å²) in [7, 11) is 0. The molecule has 2 aliphatic heterocycles. The number of nitrogens with zero attached hydrogens (tertiary/aromatic N) is 8. The van der Waals surface area contributed by atoms with E-state index in [1.807, 2.05) is 41.5 Å². The van der Waals surface area contributed by atoms with Crippen LogP contribution in [0.25, 0.3) is 0 Å². The number of piperidine rings is 2. The van der Waals surface area contributed by atoms with E-state index >= 15 is 0 Å². The first kappa shape index (κ1) is 27.8. The van der Waals surface area contributed by atoms with Crippen LogP contribution in [0.15, 0.2) is 12.4 Å². The van der Waals surface area contributed by atoms with Crippen LogP contribution in [-0.2, 0) is 9.47 Å². The molecule has 38 heavy (non-hydrogen) atoms. The van der Waals surface area contributed by atoms with E-state index in [-0.39, 0.29) is 24.3 Å².